The molecule has 1 unspecified atom stereocenters. The Morgan fingerprint density at radius 2 is 1.88 bits per heavy atom. The Balaban J connectivity index is 1.52. The van der Waals surface area contributed by atoms with Crippen LogP contribution >= 0.6 is 11.3 Å². The lowest BCUT2D eigenvalue weighted by Gasteiger charge is -2.23. The average Bonchev–Trinajstić information content (AvgIpc) is 3.52. The van der Waals surface area contributed by atoms with Gasteiger partial charge in [0, 0.05) is 5.56 Å². The number of aliphatic hydroxyl groups excluding tert-OH is 1. The van der Waals surface area contributed by atoms with Gasteiger partial charge in [-0.2, -0.15) is 0 Å². The van der Waals surface area contributed by atoms with E-state index in [1.54, 1.807) is 55.6 Å². The topological polar surface area (TPSA) is 107 Å². The van der Waals surface area contributed by atoms with Crippen molar-refractivity contribution in [3.63, 3.8) is 0 Å². The Hall–Kier alpha value is -4.57. The quantitative estimate of drug-likeness (QED) is 0.180. The van der Waals surface area contributed by atoms with Gasteiger partial charge in [-0.25, -0.2) is 4.98 Å². The van der Waals surface area contributed by atoms with Gasteiger partial charge in [0.05, 0.1) is 35.5 Å². The van der Waals surface area contributed by atoms with Crippen LogP contribution in [0.5, 0.6) is 23.0 Å². The number of ether oxygens (including phenoxy) is 4. The fraction of sp³-hybridized carbons (Fsp3) is 0.233. The number of aliphatic hydroxyl groups is 1. The fourth-order valence-corrected chi connectivity index (χ4v) is 5.83. The number of hydrogen-bond acceptors (Lipinski definition) is 9. The smallest absolute Gasteiger partial charge is 0.301 e. The molecule has 3 aromatic carbocycles. The summed E-state index contributed by atoms with van der Waals surface area (Å²) in [4.78, 5) is 33.3. The minimum Gasteiger partial charge on any atom is -0.507 e. The second-order valence-electron chi connectivity index (χ2n) is 9.28. The molecule has 2 aliphatic heterocycles. The maximum atomic E-state index is 13.6. The van der Waals surface area contributed by atoms with Crippen molar-refractivity contribution in [3.8, 4) is 23.0 Å². The fourth-order valence-electron chi connectivity index (χ4n) is 4.81. The first-order valence-electron chi connectivity index (χ1n) is 12.9. The maximum Gasteiger partial charge on any atom is 0.301 e. The van der Waals surface area contributed by atoms with E-state index in [1.165, 1.54) is 16.2 Å². The van der Waals surface area contributed by atoms with E-state index in [1.807, 2.05) is 19.1 Å². The van der Waals surface area contributed by atoms with Crippen LogP contribution in [0.3, 0.4) is 0 Å². The Morgan fingerprint density at radius 3 is 2.67 bits per heavy atom. The summed E-state index contributed by atoms with van der Waals surface area (Å²) in [6.07, 6.45) is 0.821. The van der Waals surface area contributed by atoms with Gasteiger partial charge in [-0.05, 0) is 60.5 Å². The molecule has 4 aromatic rings. The number of fused-ring (bicyclic) bond motifs is 2. The summed E-state index contributed by atoms with van der Waals surface area (Å²) in [5.74, 6) is 0.343. The second-order valence-corrected chi connectivity index (χ2v) is 10.3. The molecule has 1 amide bonds. The minimum atomic E-state index is -0.944. The van der Waals surface area contributed by atoms with E-state index in [2.05, 4.69) is 4.98 Å². The average molecular weight is 559 g/mol. The van der Waals surface area contributed by atoms with Crippen LogP contribution in [0.2, 0.25) is 0 Å². The molecule has 2 aliphatic rings. The minimum absolute atomic E-state index is 0.0499. The monoisotopic (exact) mass is 558 g/mol. The number of nitrogens with zero attached hydrogens (tertiary/aromatic N) is 2. The van der Waals surface area contributed by atoms with Gasteiger partial charge < -0.3 is 24.1 Å². The molecule has 3 heterocycles. The number of aromatic nitrogens is 1. The van der Waals surface area contributed by atoms with E-state index >= 15 is 0 Å². The zero-order chi connectivity index (χ0) is 27.8. The Kier molecular flexibility index (Phi) is 6.77. The lowest BCUT2D eigenvalue weighted by Crippen LogP contribution is -2.29. The number of amides is 1. The lowest BCUT2D eigenvalue weighted by atomic mass is 9.95. The van der Waals surface area contributed by atoms with Gasteiger partial charge in [0.15, 0.2) is 16.6 Å². The van der Waals surface area contributed by atoms with Gasteiger partial charge >= 0.3 is 5.91 Å². The SMILES string of the molecule is CCCOc1cccc(C2/C(=C(/O)c3ccc4c(c3)OCCO4)C(=O)C(=O)N2c2nc3ccc(OC)cc3s2)c1. The van der Waals surface area contributed by atoms with E-state index in [0.717, 1.165) is 11.1 Å². The molecule has 0 aliphatic carbocycles. The van der Waals surface area contributed by atoms with Crippen LogP contribution in [-0.2, 0) is 9.59 Å². The third-order valence-electron chi connectivity index (χ3n) is 6.70. The Labute approximate surface area is 234 Å². The number of methoxy groups -OCH3 is 1. The highest BCUT2D eigenvalue weighted by Crippen LogP contribution is 2.45. The summed E-state index contributed by atoms with van der Waals surface area (Å²) in [7, 11) is 1.58. The van der Waals surface area contributed by atoms with Crippen molar-refractivity contribution in [3.05, 3.63) is 77.4 Å². The van der Waals surface area contributed by atoms with Crippen LogP contribution in [-0.4, -0.2) is 48.7 Å². The summed E-state index contributed by atoms with van der Waals surface area (Å²) < 4.78 is 23.2. The van der Waals surface area contributed by atoms with Crippen LogP contribution in [0.25, 0.3) is 16.0 Å². The van der Waals surface area contributed by atoms with Crippen LogP contribution in [0, 0.1) is 0 Å². The zero-order valence-electron chi connectivity index (χ0n) is 21.9. The predicted octanol–water partition coefficient (Wildman–Crippen LogP) is 5.49. The highest BCUT2D eigenvalue weighted by molar-refractivity contribution is 7.22. The van der Waals surface area contributed by atoms with Crippen molar-refractivity contribution in [1.29, 1.82) is 0 Å². The summed E-state index contributed by atoms with van der Waals surface area (Å²) in [5.41, 5.74) is 1.54. The zero-order valence-corrected chi connectivity index (χ0v) is 22.7. The van der Waals surface area contributed by atoms with Crippen LogP contribution in [0.15, 0.2) is 66.2 Å². The third kappa shape index (κ3) is 4.50. The lowest BCUT2D eigenvalue weighted by molar-refractivity contribution is -0.132. The highest BCUT2D eigenvalue weighted by Gasteiger charge is 2.48. The second kappa shape index (κ2) is 10.5. The van der Waals surface area contributed by atoms with Crippen molar-refractivity contribution in [1.82, 2.24) is 4.98 Å². The van der Waals surface area contributed by atoms with Crippen LogP contribution < -0.4 is 23.8 Å². The van der Waals surface area contributed by atoms with Crippen molar-refractivity contribution < 1.29 is 33.6 Å². The van der Waals surface area contributed by atoms with E-state index in [9.17, 15) is 14.7 Å². The maximum absolute atomic E-state index is 13.6. The first-order chi connectivity index (χ1) is 19.5. The molecule has 1 saturated heterocycles. The van der Waals surface area contributed by atoms with Crippen molar-refractivity contribution >= 4 is 44.1 Å². The molecular weight excluding hydrogens is 532 g/mol. The van der Waals surface area contributed by atoms with E-state index in [-0.39, 0.29) is 11.3 Å². The van der Waals surface area contributed by atoms with Crippen LogP contribution in [0.1, 0.15) is 30.5 Å². The normalized spacial score (nSPS) is 17.9. The number of thiazole rings is 1. The Bertz CT molecular complexity index is 1660. The summed E-state index contributed by atoms with van der Waals surface area (Å²) in [6, 6.07) is 16.6. The van der Waals surface area contributed by atoms with Crippen molar-refractivity contribution in [2.24, 2.45) is 0 Å². The molecule has 1 N–H and O–H groups in total. The molecule has 1 fully saturated rings. The highest BCUT2D eigenvalue weighted by atomic mass is 32.1. The number of hydrogen-bond donors (Lipinski definition) is 1. The first-order valence-corrected chi connectivity index (χ1v) is 13.7. The van der Waals surface area contributed by atoms with Crippen LogP contribution in [0.4, 0.5) is 5.13 Å². The number of anilines is 1. The molecule has 9 nitrogen and oxygen atoms in total. The molecule has 6 rings (SSSR count). The number of benzene rings is 3. The summed E-state index contributed by atoms with van der Waals surface area (Å²) in [6.45, 7) is 3.32. The molecule has 204 valence electrons. The van der Waals surface area contributed by atoms with Gasteiger partial charge in [0.25, 0.3) is 5.78 Å². The van der Waals surface area contributed by atoms with Gasteiger partial charge in [0.1, 0.15) is 30.5 Å². The predicted molar refractivity (Wildman–Crippen MR) is 151 cm³/mol. The molecule has 0 radical (unpaired) electrons. The van der Waals surface area contributed by atoms with Gasteiger partial charge in [-0.15, -0.1) is 0 Å². The first kappa shape index (κ1) is 25.7. The standard InChI is InChI=1S/C30H26N2O7S/c1-3-11-37-20-6-4-5-17(14-20)26-25(27(33)18-7-10-22-23(15-18)39-13-12-38-22)28(34)29(35)32(26)30-31-21-9-8-19(36-2)16-24(21)40-30/h4-10,14-16,26,33H,3,11-13H2,1-2H3/b27-25-. The third-order valence-corrected chi connectivity index (χ3v) is 7.71. The summed E-state index contributed by atoms with van der Waals surface area (Å²) in [5, 5.41) is 11.9. The molecule has 0 saturated carbocycles. The van der Waals surface area contributed by atoms with Crippen molar-refractivity contribution in [2.75, 3.05) is 31.8 Å². The molecule has 40 heavy (non-hydrogen) atoms. The van der Waals surface area contributed by atoms with Gasteiger partial charge in [-0.3, -0.25) is 14.5 Å². The van der Waals surface area contributed by atoms with Gasteiger partial charge in [-0.1, -0.05) is 30.4 Å². The van der Waals surface area contributed by atoms with E-state index in [0.29, 0.717) is 64.6 Å². The molecule has 10 heteroatoms. The van der Waals surface area contributed by atoms with Crippen molar-refractivity contribution in [2.45, 2.75) is 19.4 Å². The van der Waals surface area contributed by atoms with Gasteiger partial charge in [0.2, 0.25) is 0 Å². The number of rotatable bonds is 7. The number of Topliss-reactive ketones (excluding diaryl/α,β-unsaturated/α-hetero) is 1. The molecule has 1 atom stereocenters. The number of ketones is 1. The van der Waals surface area contributed by atoms with E-state index < -0.39 is 17.7 Å². The number of carbonyl (C=O) groups excluding carboxylic acids is 2. The molecular formula is C30H26N2O7S. The largest absolute Gasteiger partial charge is 0.507 e. The Morgan fingerprint density at radius 1 is 1.05 bits per heavy atom. The van der Waals surface area contributed by atoms with E-state index in [4.69, 9.17) is 18.9 Å². The number of carbonyl (C=O) groups is 2. The molecule has 1 aromatic heterocycles. The molecule has 0 bridgehead atoms. The summed E-state index contributed by atoms with van der Waals surface area (Å²) >= 11 is 1.26. The molecule has 0 spiro atoms.